The molecule has 5 aromatic rings. The Kier molecular flexibility index (Phi) is 6.72. The summed E-state index contributed by atoms with van der Waals surface area (Å²) in [4.78, 5) is 30.9. The predicted molar refractivity (Wildman–Crippen MR) is 155 cm³/mol. The monoisotopic (exact) mass is 636 g/mol. The smallest absolute Gasteiger partial charge is 0.292 e. The highest BCUT2D eigenvalue weighted by Gasteiger charge is 2.46. The number of carbonyl (C=O) groups excluding carboxylic acids is 1. The van der Waals surface area contributed by atoms with Crippen LogP contribution >= 0.6 is 0 Å². The largest absolute Gasteiger partial charge is 0.494 e. The minimum atomic E-state index is -3.84. The van der Waals surface area contributed by atoms with Crippen LogP contribution in [0.3, 0.4) is 0 Å². The molecule has 4 aromatic heterocycles. The van der Waals surface area contributed by atoms with E-state index in [1.165, 1.54) is 48.7 Å². The van der Waals surface area contributed by atoms with Crippen LogP contribution in [0, 0.1) is 11.6 Å². The normalized spacial score (nSPS) is 19.7. The lowest BCUT2D eigenvalue weighted by Gasteiger charge is -2.38. The number of sulfone groups is 1. The lowest BCUT2D eigenvalue weighted by molar-refractivity contribution is 0.0556. The van der Waals surface area contributed by atoms with Gasteiger partial charge in [-0.05, 0) is 37.8 Å². The van der Waals surface area contributed by atoms with Crippen molar-refractivity contribution in [1.82, 2.24) is 44.6 Å². The number of H-pyrrole nitrogens is 1. The number of methoxy groups -OCH3 is 1. The molecule has 14 nitrogen and oxygen atoms in total. The quantitative estimate of drug-likeness (QED) is 0.279. The minimum absolute atomic E-state index is 0.0519. The second kappa shape index (κ2) is 10.5. The third kappa shape index (κ3) is 4.65. The lowest BCUT2D eigenvalue weighted by Crippen LogP contribution is -2.46. The number of anilines is 1. The van der Waals surface area contributed by atoms with Crippen LogP contribution in [0.1, 0.15) is 47.9 Å². The first kappa shape index (κ1) is 28.7. The van der Waals surface area contributed by atoms with E-state index in [0.29, 0.717) is 29.7 Å². The highest BCUT2D eigenvalue weighted by molar-refractivity contribution is 7.91. The molecular formula is C28H26F2N10O4S. The number of halogens is 2. The Labute approximate surface area is 254 Å². The summed E-state index contributed by atoms with van der Waals surface area (Å²) in [6.07, 6.45) is 9.18. The van der Waals surface area contributed by atoms with Gasteiger partial charge in [0.15, 0.2) is 32.9 Å². The van der Waals surface area contributed by atoms with Gasteiger partial charge in [0.25, 0.3) is 5.91 Å². The Bertz CT molecular complexity index is 2060. The van der Waals surface area contributed by atoms with Gasteiger partial charge in [-0.1, -0.05) is 0 Å². The highest BCUT2D eigenvalue weighted by atomic mass is 32.2. The zero-order valence-electron chi connectivity index (χ0n) is 24.0. The second-order valence-corrected chi connectivity index (χ2v) is 13.1. The summed E-state index contributed by atoms with van der Waals surface area (Å²) < 4.78 is 61.2. The molecular weight excluding hydrogens is 610 g/mol. The second-order valence-electron chi connectivity index (χ2n) is 11.1. The Morgan fingerprint density at radius 2 is 1.78 bits per heavy atom. The zero-order chi connectivity index (χ0) is 31.6. The van der Waals surface area contributed by atoms with Crippen molar-refractivity contribution in [1.29, 1.82) is 0 Å². The number of fused-ring (bicyclic) bond motifs is 3. The maximum Gasteiger partial charge on any atom is 0.292 e. The number of nitrogen functional groups attached to an aromatic ring is 1. The maximum absolute atomic E-state index is 14.7. The number of ether oxygens (including phenoxy) is 1. The molecule has 0 spiro atoms. The van der Waals surface area contributed by atoms with E-state index in [4.69, 9.17) is 15.5 Å². The Balaban J connectivity index is 1.27. The topological polar surface area (TPSA) is 187 Å². The van der Waals surface area contributed by atoms with Crippen molar-refractivity contribution in [2.45, 2.75) is 48.6 Å². The van der Waals surface area contributed by atoms with Crippen LogP contribution in [0.5, 0.6) is 5.75 Å². The van der Waals surface area contributed by atoms with Gasteiger partial charge in [0, 0.05) is 47.8 Å². The van der Waals surface area contributed by atoms with Gasteiger partial charge >= 0.3 is 0 Å². The molecule has 2 aliphatic rings. The SMILES string of the molecule is COc1ccc(-c2ncc(-c3cnn4c(N)c(S(C)(=O)=O)c([C@H]5C[C@H]6CC[C@@H](C5)N6C(=O)c5nnc[nH]5)nc34)cn2)c(F)c1F. The van der Waals surface area contributed by atoms with Crippen molar-refractivity contribution in [3.63, 3.8) is 0 Å². The number of hydrogen-bond donors (Lipinski definition) is 2. The number of aromatic nitrogens is 8. The molecule has 45 heavy (non-hydrogen) atoms. The summed E-state index contributed by atoms with van der Waals surface area (Å²) in [5.74, 6) is -3.09. The van der Waals surface area contributed by atoms with Crippen LogP contribution in [-0.2, 0) is 9.84 Å². The predicted octanol–water partition coefficient (Wildman–Crippen LogP) is 2.79. The Hall–Kier alpha value is -5.06. The fourth-order valence-corrected chi connectivity index (χ4v) is 7.57. The fraction of sp³-hybridized carbons (Fsp3) is 0.321. The summed E-state index contributed by atoms with van der Waals surface area (Å²) in [7, 11) is -2.61. The molecule has 3 atom stereocenters. The molecule has 7 rings (SSSR count). The molecule has 0 unspecified atom stereocenters. The first-order valence-electron chi connectivity index (χ1n) is 14.0. The first-order chi connectivity index (χ1) is 21.6. The summed E-state index contributed by atoms with van der Waals surface area (Å²) in [5.41, 5.74) is 7.80. The number of amides is 1. The molecule has 6 heterocycles. The van der Waals surface area contributed by atoms with Crippen LogP contribution in [0.25, 0.3) is 28.2 Å². The zero-order valence-corrected chi connectivity index (χ0v) is 24.8. The molecule has 17 heteroatoms. The third-order valence-electron chi connectivity index (χ3n) is 8.48. The highest BCUT2D eigenvalue weighted by Crippen LogP contribution is 2.45. The number of nitrogens with two attached hydrogens (primary N) is 1. The Morgan fingerprint density at radius 1 is 1.07 bits per heavy atom. The molecule has 0 radical (unpaired) electrons. The van der Waals surface area contributed by atoms with Gasteiger partial charge in [0.2, 0.25) is 11.6 Å². The van der Waals surface area contributed by atoms with Crippen LogP contribution < -0.4 is 10.5 Å². The fourth-order valence-electron chi connectivity index (χ4n) is 6.51. The number of nitrogens with one attached hydrogen (secondary N) is 1. The van der Waals surface area contributed by atoms with Crippen LogP contribution in [0.2, 0.25) is 0 Å². The summed E-state index contributed by atoms with van der Waals surface area (Å²) in [6.45, 7) is 0. The van der Waals surface area contributed by atoms with Gasteiger partial charge < -0.3 is 20.4 Å². The maximum atomic E-state index is 14.7. The van der Waals surface area contributed by atoms with E-state index in [2.05, 4.69) is 30.2 Å². The molecule has 232 valence electrons. The van der Waals surface area contributed by atoms with E-state index in [9.17, 15) is 22.0 Å². The number of benzene rings is 1. The molecule has 2 aliphatic heterocycles. The molecule has 0 saturated carbocycles. The number of piperidine rings is 1. The van der Waals surface area contributed by atoms with Gasteiger partial charge in [-0.15, -0.1) is 10.2 Å². The van der Waals surface area contributed by atoms with Gasteiger partial charge in [0.05, 0.1) is 24.6 Å². The minimum Gasteiger partial charge on any atom is -0.494 e. The van der Waals surface area contributed by atoms with Crippen molar-refractivity contribution in [2.75, 3.05) is 19.1 Å². The number of aromatic amines is 1. The van der Waals surface area contributed by atoms with Crippen molar-refractivity contribution in [2.24, 2.45) is 0 Å². The molecule has 3 N–H and O–H groups in total. The summed E-state index contributed by atoms with van der Waals surface area (Å²) in [6, 6.07) is 2.31. The van der Waals surface area contributed by atoms with E-state index in [1.807, 2.05) is 0 Å². The summed E-state index contributed by atoms with van der Waals surface area (Å²) >= 11 is 0. The summed E-state index contributed by atoms with van der Waals surface area (Å²) in [5, 5.41) is 11.9. The molecule has 2 fully saturated rings. The van der Waals surface area contributed by atoms with Crippen LogP contribution in [0.15, 0.2) is 41.9 Å². The molecule has 2 bridgehead atoms. The average molecular weight is 637 g/mol. The molecule has 1 aromatic carbocycles. The van der Waals surface area contributed by atoms with Crippen LogP contribution in [-0.4, -0.2) is 84.4 Å². The van der Waals surface area contributed by atoms with E-state index in [0.717, 1.165) is 19.1 Å². The van der Waals surface area contributed by atoms with Gasteiger partial charge in [-0.25, -0.2) is 27.8 Å². The van der Waals surface area contributed by atoms with Crippen LogP contribution in [0.4, 0.5) is 14.6 Å². The van der Waals surface area contributed by atoms with E-state index >= 15 is 0 Å². The number of rotatable bonds is 6. The number of hydrogen-bond acceptors (Lipinski definition) is 11. The lowest BCUT2D eigenvalue weighted by atomic mass is 9.87. The standard InChI is InChI=1S/C28H26F2N10O4S/c1-44-19-6-5-17(20(29)21(19)30)25-32-9-14(10-33-25)18-11-36-40-24(31)23(45(2,42)43)22(37-27(18)40)13-7-15-3-4-16(8-13)39(15)28(41)26-34-12-35-38-26/h5-6,9-13,15-16H,3-4,7-8,31H2,1-2H3,(H,34,35,38)/t13-,15+,16-. The van der Waals surface area contributed by atoms with Gasteiger partial charge in [-0.2, -0.15) is 14.0 Å². The van der Waals surface area contributed by atoms with E-state index in [-0.39, 0.29) is 63.2 Å². The van der Waals surface area contributed by atoms with E-state index in [1.54, 1.807) is 4.90 Å². The van der Waals surface area contributed by atoms with E-state index < -0.39 is 21.5 Å². The molecule has 0 aliphatic carbocycles. The average Bonchev–Trinajstić information content (AvgIpc) is 3.76. The molecule has 1 amide bonds. The van der Waals surface area contributed by atoms with Crippen molar-refractivity contribution < 1.29 is 26.7 Å². The first-order valence-corrected chi connectivity index (χ1v) is 15.9. The van der Waals surface area contributed by atoms with Crippen molar-refractivity contribution in [3.8, 4) is 28.3 Å². The molecule has 2 saturated heterocycles. The number of nitrogens with zero attached hydrogens (tertiary/aromatic N) is 8. The Morgan fingerprint density at radius 3 is 2.40 bits per heavy atom. The van der Waals surface area contributed by atoms with Gasteiger partial charge in [-0.3, -0.25) is 4.79 Å². The number of carbonyl (C=O) groups is 1. The van der Waals surface area contributed by atoms with Crippen molar-refractivity contribution in [3.05, 3.63) is 60.2 Å². The van der Waals surface area contributed by atoms with Gasteiger partial charge in [0.1, 0.15) is 17.0 Å². The van der Waals surface area contributed by atoms with Crippen molar-refractivity contribution >= 4 is 27.2 Å². The third-order valence-corrected chi connectivity index (χ3v) is 9.64.